The van der Waals surface area contributed by atoms with Gasteiger partial charge in [-0.15, -0.1) is 0 Å². The van der Waals surface area contributed by atoms with E-state index in [1.165, 1.54) is 74.8 Å². The van der Waals surface area contributed by atoms with Crippen LogP contribution in [0.3, 0.4) is 0 Å². The average molecular weight is 322 g/mol. The van der Waals surface area contributed by atoms with Crippen LogP contribution in [0.15, 0.2) is 12.2 Å². The molecule has 0 radical (unpaired) electrons. The van der Waals surface area contributed by atoms with Crippen LogP contribution in [0.5, 0.6) is 0 Å². The summed E-state index contributed by atoms with van der Waals surface area (Å²) in [7, 11) is 0. The third-order valence-corrected chi connectivity index (χ3v) is 4.74. The SMILES string of the molecule is CCCCCCCCC(CCCCCCC)N1C(=O)C=CC1=O. The van der Waals surface area contributed by atoms with E-state index in [0.29, 0.717) is 0 Å². The van der Waals surface area contributed by atoms with Crippen molar-refractivity contribution in [3.8, 4) is 0 Å². The van der Waals surface area contributed by atoms with Gasteiger partial charge in [0, 0.05) is 18.2 Å². The van der Waals surface area contributed by atoms with E-state index in [1.54, 1.807) is 0 Å². The van der Waals surface area contributed by atoms with Gasteiger partial charge in [-0.25, -0.2) is 0 Å². The van der Waals surface area contributed by atoms with Gasteiger partial charge in [0.2, 0.25) is 0 Å². The first-order valence-electron chi connectivity index (χ1n) is 9.76. The van der Waals surface area contributed by atoms with Gasteiger partial charge in [-0.2, -0.15) is 0 Å². The minimum atomic E-state index is -0.112. The maximum absolute atomic E-state index is 12.0. The van der Waals surface area contributed by atoms with Crippen molar-refractivity contribution in [1.29, 1.82) is 0 Å². The zero-order chi connectivity index (χ0) is 16.9. The second kappa shape index (κ2) is 12.3. The van der Waals surface area contributed by atoms with Gasteiger partial charge in [-0.1, -0.05) is 84.5 Å². The number of amides is 2. The summed E-state index contributed by atoms with van der Waals surface area (Å²) in [4.78, 5) is 25.4. The number of nitrogens with zero attached hydrogens (tertiary/aromatic N) is 1. The normalized spacial score (nSPS) is 15.7. The van der Waals surface area contributed by atoms with Gasteiger partial charge in [0.1, 0.15) is 0 Å². The second-order valence-electron chi connectivity index (χ2n) is 6.79. The smallest absolute Gasteiger partial charge is 0.253 e. The molecule has 0 spiro atoms. The summed E-state index contributed by atoms with van der Waals surface area (Å²) in [5.74, 6) is -0.223. The Morgan fingerprint density at radius 2 is 1.09 bits per heavy atom. The van der Waals surface area contributed by atoms with E-state index in [4.69, 9.17) is 0 Å². The monoisotopic (exact) mass is 321 g/mol. The number of imide groups is 1. The fourth-order valence-electron chi connectivity index (χ4n) is 3.32. The molecule has 0 N–H and O–H groups in total. The molecule has 0 aromatic rings. The summed E-state index contributed by atoms with van der Waals surface area (Å²) in [5, 5.41) is 0. The lowest BCUT2D eigenvalue weighted by Gasteiger charge is -2.26. The highest BCUT2D eigenvalue weighted by Gasteiger charge is 2.30. The molecule has 1 unspecified atom stereocenters. The Morgan fingerprint density at radius 3 is 1.52 bits per heavy atom. The predicted octanol–water partition coefficient (Wildman–Crippen LogP) is 5.39. The van der Waals surface area contributed by atoms with E-state index in [1.807, 2.05) is 0 Å². The first-order valence-corrected chi connectivity index (χ1v) is 9.76. The van der Waals surface area contributed by atoms with Crippen molar-refractivity contribution in [2.75, 3.05) is 0 Å². The second-order valence-corrected chi connectivity index (χ2v) is 6.79. The molecule has 3 nitrogen and oxygen atoms in total. The van der Waals surface area contributed by atoms with Gasteiger partial charge in [0.15, 0.2) is 0 Å². The van der Waals surface area contributed by atoms with Crippen LogP contribution in [0.1, 0.15) is 97.3 Å². The summed E-state index contributed by atoms with van der Waals surface area (Å²) in [6.45, 7) is 4.45. The van der Waals surface area contributed by atoms with Crippen LogP contribution in [-0.2, 0) is 9.59 Å². The molecule has 1 rings (SSSR count). The van der Waals surface area contributed by atoms with Gasteiger partial charge in [-0.05, 0) is 12.8 Å². The first-order chi connectivity index (χ1) is 11.2. The van der Waals surface area contributed by atoms with E-state index >= 15 is 0 Å². The van der Waals surface area contributed by atoms with E-state index in [-0.39, 0.29) is 17.9 Å². The molecule has 1 aliphatic rings. The van der Waals surface area contributed by atoms with Crippen LogP contribution in [0.25, 0.3) is 0 Å². The molecule has 0 aliphatic carbocycles. The van der Waals surface area contributed by atoms with Gasteiger partial charge in [0.25, 0.3) is 11.8 Å². The van der Waals surface area contributed by atoms with Crippen molar-refractivity contribution in [3.63, 3.8) is 0 Å². The molecule has 0 saturated carbocycles. The van der Waals surface area contributed by atoms with Gasteiger partial charge in [-0.3, -0.25) is 14.5 Å². The lowest BCUT2D eigenvalue weighted by molar-refractivity contribution is -0.139. The number of unbranched alkanes of at least 4 members (excludes halogenated alkanes) is 9. The lowest BCUT2D eigenvalue weighted by atomic mass is 9.99. The van der Waals surface area contributed by atoms with Crippen LogP contribution in [0.4, 0.5) is 0 Å². The molecule has 0 bridgehead atoms. The van der Waals surface area contributed by atoms with E-state index < -0.39 is 0 Å². The highest BCUT2D eigenvalue weighted by atomic mass is 16.2. The third kappa shape index (κ3) is 7.81. The van der Waals surface area contributed by atoms with Crippen LogP contribution in [-0.4, -0.2) is 22.8 Å². The molecule has 23 heavy (non-hydrogen) atoms. The van der Waals surface area contributed by atoms with Gasteiger partial charge < -0.3 is 0 Å². The number of rotatable bonds is 14. The fourth-order valence-corrected chi connectivity index (χ4v) is 3.32. The Hall–Kier alpha value is -1.12. The Kier molecular flexibility index (Phi) is 10.7. The summed E-state index contributed by atoms with van der Waals surface area (Å²) >= 11 is 0. The fraction of sp³-hybridized carbons (Fsp3) is 0.800. The van der Waals surface area contributed by atoms with Gasteiger partial charge >= 0.3 is 0 Å². The Morgan fingerprint density at radius 1 is 0.696 bits per heavy atom. The minimum Gasteiger partial charge on any atom is -0.272 e. The van der Waals surface area contributed by atoms with Crippen molar-refractivity contribution in [2.24, 2.45) is 0 Å². The molecule has 1 heterocycles. The largest absolute Gasteiger partial charge is 0.272 e. The predicted molar refractivity (Wildman–Crippen MR) is 96.2 cm³/mol. The van der Waals surface area contributed by atoms with Crippen LogP contribution < -0.4 is 0 Å². The maximum atomic E-state index is 12.0. The molecular formula is C20H35NO2. The summed E-state index contributed by atoms with van der Waals surface area (Å²) < 4.78 is 0. The van der Waals surface area contributed by atoms with Crippen molar-refractivity contribution >= 4 is 11.8 Å². The van der Waals surface area contributed by atoms with Gasteiger partial charge in [0.05, 0.1) is 0 Å². The highest BCUT2D eigenvalue weighted by Crippen LogP contribution is 2.21. The quantitative estimate of drug-likeness (QED) is 0.318. The lowest BCUT2D eigenvalue weighted by Crippen LogP contribution is -2.40. The molecule has 1 atom stereocenters. The number of carbonyl (C=O) groups is 2. The van der Waals surface area contributed by atoms with E-state index in [9.17, 15) is 9.59 Å². The number of hydrogen-bond acceptors (Lipinski definition) is 2. The molecule has 132 valence electrons. The van der Waals surface area contributed by atoms with E-state index in [2.05, 4.69) is 13.8 Å². The first kappa shape index (κ1) is 19.9. The zero-order valence-corrected chi connectivity index (χ0v) is 15.2. The van der Waals surface area contributed by atoms with Crippen molar-refractivity contribution in [1.82, 2.24) is 4.90 Å². The summed E-state index contributed by atoms with van der Waals surface area (Å²) in [6, 6.07) is 0.109. The maximum Gasteiger partial charge on any atom is 0.253 e. The topological polar surface area (TPSA) is 37.4 Å². The van der Waals surface area contributed by atoms with E-state index in [0.717, 1.165) is 25.7 Å². The molecule has 0 saturated heterocycles. The zero-order valence-electron chi connectivity index (χ0n) is 15.2. The molecule has 1 aliphatic heterocycles. The van der Waals surface area contributed by atoms with Crippen LogP contribution >= 0.6 is 0 Å². The summed E-state index contributed by atoms with van der Waals surface area (Å²) in [6.07, 6.45) is 18.4. The number of carbonyl (C=O) groups excluding carboxylic acids is 2. The molecule has 0 aromatic carbocycles. The van der Waals surface area contributed by atoms with Crippen molar-refractivity contribution < 1.29 is 9.59 Å². The van der Waals surface area contributed by atoms with Crippen molar-refractivity contribution in [2.45, 2.75) is 103 Å². The molecular weight excluding hydrogens is 286 g/mol. The Labute approximate surface area is 142 Å². The van der Waals surface area contributed by atoms with Crippen LogP contribution in [0.2, 0.25) is 0 Å². The standard InChI is InChI=1S/C20H35NO2/c1-3-5-7-9-11-13-15-18(14-12-10-8-6-4-2)21-19(22)16-17-20(21)23/h16-18H,3-15H2,1-2H3. The molecule has 3 heteroatoms. The number of hydrogen-bond donors (Lipinski definition) is 0. The highest BCUT2D eigenvalue weighted by molar-refractivity contribution is 6.13. The Bertz CT molecular complexity index is 358. The third-order valence-electron chi connectivity index (χ3n) is 4.74. The molecule has 2 amide bonds. The molecule has 0 fully saturated rings. The van der Waals surface area contributed by atoms with Crippen molar-refractivity contribution in [3.05, 3.63) is 12.2 Å². The average Bonchev–Trinajstić information content (AvgIpc) is 2.87. The summed E-state index contributed by atoms with van der Waals surface area (Å²) in [5.41, 5.74) is 0. The minimum absolute atomic E-state index is 0.109. The molecule has 0 aromatic heterocycles. The Balaban J connectivity index is 2.36. The van der Waals surface area contributed by atoms with Crippen LogP contribution in [0, 0.1) is 0 Å².